The van der Waals surface area contributed by atoms with Crippen LogP contribution in [0.5, 0.6) is 0 Å². The lowest BCUT2D eigenvalue weighted by molar-refractivity contribution is -0.118. The Hall–Kier alpha value is -1.81. The maximum Gasteiger partial charge on any atom is 0.230 e. The second kappa shape index (κ2) is 9.80. The molecule has 1 heterocycles. The molecule has 1 N–H and O–H groups in total. The van der Waals surface area contributed by atoms with Crippen molar-refractivity contribution in [1.29, 1.82) is 0 Å². The number of rotatable bonds is 8. The topological polar surface area (TPSA) is 76.1 Å². The first kappa shape index (κ1) is 21.9. The van der Waals surface area contributed by atoms with Gasteiger partial charge < -0.3 is 5.32 Å². The van der Waals surface area contributed by atoms with Crippen molar-refractivity contribution in [3.8, 4) is 0 Å². The quantitative estimate of drug-likeness (QED) is 0.498. The summed E-state index contributed by atoms with van der Waals surface area (Å²) in [5.74, 6) is -0.0300. The average Bonchev–Trinajstić information content (AvgIpc) is 3.21. The van der Waals surface area contributed by atoms with Crippen molar-refractivity contribution < 1.29 is 13.2 Å². The minimum Gasteiger partial charge on any atom is -0.351 e. The Kier molecular flexibility index (Phi) is 7.39. The molecule has 0 aliphatic carbocycles. The maximum atomic E-state index is 12.9. The van der Waals surface area contributed by atoms with Gasteiger partial charge in [0.2, 0.25) is 15.7 Å². The molecule has 1 aromatic heterocycles. The lowest BCUT2D eigenvalue weighted by Gasteiger charge is -2.07. The molecular weight excluding hydrogens is 444 g/mol. The van der Waals surface area contributed by atoms with Crippen LogP contribution in [0.25, 0.3) is 0 Å². The Bertz CT molecular complexity index is 1080. The van der Waals surface area contributed by atoms with Gasteiger partial charge in [-0.05, 0) is 43.0 Å². The van der Waals surface area contributed by atoms with Crippen molar-refractivity contribution in [2.45, 2.75) is 32.5 Å². The van der Waals surface area contributed by atoms with Crippen molar-refractivity contribution >= 4 is 50.6 Å². The largest absolute Gasteiger partial charge is 0.351 e. The molecule has 1 amide bonds. The molecule has 0 unspecified atom stereocenters. The number of nitrogens with one attached hydrogen (secondary N) is 1. The molecule has 0 radical (unpaired) electrons. The molecule has 0 saturated carbocycles. The van der Waals surface area contributed by atoms with Crippen LogP contribution in [0.15, 0.2) is 73.1 Å². The maximum absolute atomic E-state index is 12.9. The van der Waals surface area contributed by atoms with Gasteiger partial charge in [-0.3, -0.25) is 4.79 Å². The molecule has 0 aliphatic heterocycles. The number of aryl methyl sites for hydroxylation is 1. The summed E-state index contributed by atoms with van der Waals surface area (Å²) in [6, 6.07) is 14.7. The molecular formula is C20H20N2O3S4. The van der Waals surface area contributed by atoms with E-state index in [1.165, 1.54) is 33.5 Å². The number of sulfone groups is 1. The van der Waals surface area contributed by atoms with Crippen LogP contribution in [-0.2, 0) is 21.2 Å². The number of hydrogen-bond donors (Lipinski definition) is 1. The third-order valence-corrected chi connectivity index (χ3v) is 8.91. The summed E-state index contributed by atoms with van der Waals surface area (Å²) >= 11 is 4.08. The van der Waals surface area contributed by atoms with E-state index in [0.717, 1.165) is 11.1 Å². The van der Waals surface area contributed by atoms with Crippen LogP contribution in [0, 0.1) is 6.92 Å². The number of aromatic nitrogens is 1. The van der Waals surface area contributed by atoms with Gasteiger partial charge in [0, 0.05) is 11.4 Å². The van der Waals surface area contributed by atoms with Crippen LogP contribution in [0.4, 0.5) is 0 Å². The highest BCUT2D eigenvalue weighted by Crippen LogP contribution is 2.33. The van der Waals surface area contributed by atoms with Crippen LogP contribution >= 0.6 is 34.9 Å². The number of amides is 1. The van der Waals surface area contributed by atoms with Crippen LogP contribution in [0.3, 0.4) is 0 Å². The van der Waals surface area contributed by atoms with E-state index in [1.54, 1.807) is 36.0 Å². The fraction of sp³-hybridized carbons (Fsp3) is 0.200. The first-order valence-corrected chi connectivity index (χ1v) is 13.2. The smallest absolute Gasteiger partial charge is 0.230 e. The van der Waals surface area contributed by atoms with E-state index in [4.69, 9.17) is 0 Å². The molecule has 2 aromatic carbocycles. The van der Waals surface area contributed by atoms with Gasteiger partial charge in [0.1, 0.15) is 0 Å². The number of thiazole rings is 1. The number of hydrogen-bond acceptors (Lipinski definition) is 7. The molecule has 0 saturated heterocycles. The molecule has 9 heteroatoms. The van der Waals surface area contributed by atoms with Crippen molar-refractivity contribution in [2.24, 2.45) is 0 Å². The molecule has 3 aromatic rings. The van der Waals surface area contributed by atoms with E-state index in [9.17, 15) is 13.2 Å². The van der Waals surface area contributed by atoms with E-state index in [2.05, 4.69) is 10.3 Å². The lowest BCUT2D eigenvalue weighted by Crippen LogP contribution is -2.24. The van der Waals surface area contributed by atoms with Crippen molar-refractivity contribution in [3.05, 3.63) is 65.2 Å². The summed E-state index contributed by atoms with van der Waals surface area (Å²) in [5, 5.41) is 2.87. The Balaban J connectivity index is 1.61. The molecule has 0 bridgehead atoms. The summed E-state index contributed by atoms with van der Waals surface area (Å²) in [6.45, 7) is 2.33. The molecule has 0 aliphatic rings. The number of carbonyl (C=O) groups is 1. The first-order chi connectivity index (χ1) is 13.9. The van der Waals surface area contributed by atoms with E-state index in [0.29, 0.717) is 10.8 Å². The highest BCUT2D eigenvalue weighted by molar-refractivity contribution is 8.02. The molecule has 29 heavy (non-hydrogen) atoms. The number of nitrogens with zero attached hydrogens (tertiary/aromatic N) is 1. The molecule has 3 rings (SSSR count). The summed E-state index contributed by atoms with van der Waals surface area (Å²) < 4.78 is 26.2. The predicted octanol–water partition coefficient (Wildman–Crippen LogP) is 4.41. The summed E-state index contributed by atoms with van der Waals surface area (Å²) in [7, 11) is -3.71. The Morgan fingerprint density at radius 3 is 2.45 bits per heavy atom. The number of thioether (sulfide) groups is 2. The summed E-state index contributed by atoms with van der Waals surface area (Å²) in [5.41, 5.74) is 3.49. The zero-order valence-corrected chi connectivity index (χ0v) is 19.2. The lowest BCUT2D eigenvalue weighted by atomic mass is 10.2. The minimum absolute atomic E-state index is 0.0109. The fourth-order valence-electron chi connectivity index (χ4n) is 2.46. The van der Waals surface area contributed by atoms with Crippen LogP contribution in [0.2, 0.25) is 0 Å². The second-order valence-electron chi connectivity index (χ2n) is 6.17. The molecule has 0 atom stereocenters. The Morgan fingerprint density at radius 2 is 1.79 bits per heavy atom. The Morgan fingerprint density at radius 1 is 1.10 bits per heavy atom. The molecule has 152 valence electrons. The highest BCUT2D eigenvalue weighted by Gasteiger charge is 2.25. The van der Waals surface area contributed by atoms with Gasteiger partial charge >= 0.3 is 0 Å². The summed E-state index contributed by atoms with van der Waals surface area (Å²) in [6.07, 6.45) is 2.01. The van der Waals surface area contributed by atoms with Gasteiger partial charge in [0.25, 0.3) is 0 Å². The van der Waals surface area contributed by atoms with Crippen LogP contribution in [-0.4, -0.2) is 31.3 Å². The zero-order valence-electron chi connectivity index (χ0n) is 15.9. The minimum atomic E-state index is -3.71. The second-order valence-corrected chi connectivity index (χ2v) is 11.0. The van der Waals surface area contributed by atoms with E-state index in [1.807, 2.05) is 37.4 Å². The van der Waals surface area contributed by atoms with Gasteiger partial charge in [0.05, 0.1) is 20.4 Å². The number of carbonyl (C=O) groups excluding carboxylic acids is 1. The van der Waals surface area contributed by atoms with Crippen LogP contribution < -0.4 is 5.32 Å². The summed E-state index contributed by atoms with van der Waals surface area (Å²) in [4.78, 5) is 17.6. The zero-order chi connectivity index (χ0) is 20.9. The normalized spacial score (nSPS) is 11.4. The third-order valence-electron chi connectivity index (χ3n) is 4.07. The Labute approximate surface area is 183 Å². The van der Waals surface area contributed by atoms with Crippen LogP contribution in [0.1, 0.15) is 11.1 Å². The first-order valence-electron chi connectivity index (χ1n) is 8.68. The fourth-order valence-corrected chi connectivity index (χ4v) is 6.56. The molecule has 0 spiro atoms. The van der Waals surface area contributed by atoms with Gasteiger partial charge in [0.15, 0.2) is 5.03 Å². The molecule has 0 fully saturated rings. The van der Waals surface area contributed by atoms with Crippen molar-refractivity contribution in [1.82, 2.24) is 10.3 Å². The van der Waals surface area contributed by atoms with E-state index >= 15 is 0 Å². The van der Waals surface area contributed by atoms with Crippen molar-refractivity contribution in [3.63, 3.8) is 0 Å². The van der Waals surface area contributed by atoms with Gasteiger partial charge in [-0.1, -0.05) is 29.8 Å². The highest BCUT2D eigenvalue weighted by atomic mass is 32.2. The van der Waals surface area contributed by atoms with Crippen molar-refractivity contribution in [2.75, 3.05) is 12.0 Å². The number of benzene rings is 2. The predicted molar refractivity (Wildman–Crippen MR) is 120 cm³/mol. The van der Waals surface area contributed by atoms with E-state index < -0.39 is 9.84 Å². The average molecular weight is 465 g/mol. The monoisotopic (exact) mass is 464 g/mol. The van der Waals surface area contributed by atoms with E-state index in [-0.39, 0.29) is 21.6 Å². The molecule has 5 nitrogen and oxygen atoms in total. The van der Waals surface area contributed by atoms with Gasteiger partial charge in [-0.15, -0.1) is 34.9 Å². The SMILES string of the molecule is CSc1ccc(CNC(=O)CSc2scnc2S(=O)(=O)c2ccc(C)cc2)cc1. The van der Waals surface area contributed by atoms with Gasteiger partial charge in [-0.25, -0.2) is 13.4 Å². The van der Waals surface area contributed by atoms with Gasteiger partial charge in [-0.2, -0.15) is 0 Å². The standard InChI is InChI=1S/C20H20N2O3S4/c1-14-3-9-17(10-4-14)29(24,25)19-20(28-13-22-19)27-12-18(23)21-11-15-5-7-16(26-2)8-6-15/h3-10,13H,11-12H2,1-2H3,(H,21,23). The third kappa shape index (κ3) is 5.63.